The molecule has 0 aromatic rings. The first kappa shape index (κ1) is 17.0. The predicted molar refractivity (Wildman–Crippen MR) is 70.1 cm³/mol. The molecule has 0 atom stereocenters. The van der Waals surface area contributed by atoms with Crippen molar-refractivity contribution in [1.29, 1.82) is 0 Å². The third-order valence-electron chi connectivity index (χ3n) is 2.34. The molecule has 0 unspecified atom stereocenters. The monoisotopic (exact) mass is 214 g/mol. The largest absolute Gasteiger partial charge is 0.493 e. The standard InChI is InChI=1S/C12H24O.C2H6/c1-6-9-12(5,10-7-2)13-11(4)8-3;1-2/h4,6-10H2,1-3,5H3;1-2H3. The molecule has 1 nitrogen and oxygen atoms in total. The Labute approximate surface area is 96.9 Å². The van der Waals surface area contributed by atoms with Crippen LogP contribution in [0.25, 0.3) is 0 Å². The molecule has 0 fully saturated rings. The summed E-state index contributed by atoms with van der Waals surface area (Å²) < 4.78 is 5.87. The van der Waals surface area contributed by atoms with Gasteiger partial charge in [-0.1, -0.05) is 54.0 Å². The van der Waals surface area contributed by atoms with Crippen LogP contribution in [-0.4, -0.2) is 5.60 Å². The smallest absolute Gasteiger partial charge is 0.106 e. The fourth-order valence-electron chi connectivity index (χ4n) is 1.71. The van der Waals surface area contributed by atoms with E-state index < -0.39 is 0 Å². The maximum atomic E-state index is 5.87. The van der Waals surface area contributed by atoms with E-state index in [1.165, 1.54) is 12.8 Å². The maximum Gasteiger partial charge on any atom is 0.106 e. The zero-order valence-electron chi connectivity index (χ0n) is 11.7. The van der Waals surface area contributed by atoms with Crippen molar-refractivity contribution in [3.8, 4) is 0 Å². The van der Waals surface area contributed by atoms with Crippen molar-refractivity contribution in [2.75, 3.05) is 0 Å². The Kier molecular flexibility index (Phi) is 11.4. The lowest BCUT2D eigenvalue weighted by Gasteiger charge is -2.31. The van der Waals surface area contributed by atoms with Crippen molar-refractivity contribution in [3.05, 3.63) is 12.3 Å². The van der Waals surface area contributed by atoms with Gasteiger partial charge in [-0.2, -0.15) is 0 Å². The predicted octanol–water partition coefficient (Wildman–Crippen LogP) is 5.31. The molecule has 0 aliphatic carbocycles. The molecule has 0 heterocycles. The average molecular weight is 214 g/mol. The quantitative estimate of drug-likeness (QED) is 0.522. The van der Waals surface area contributed by atoms with E-state index in [0.717, 1.165) is 25.0 Å². The van der Waals surface area contributed by atoms with Gasteiger partial charge in [0.05, 0.1) is 5.76 Å². The van der Waals surface area contributed by atoms with Crippen molar-refractivity contribution >= 4 is 0 Å². The van der Waals surface area contributed by atoms with Crippen LogP contribution in [0.15, 0.2) is 12.3 Å². The van der Waals surface area contributed by atoms with Gasteiger partial charge in [-0.25, -0.2) is 0 Å². The molecule has 0 aliphatic heterocycles. The van der Waals surface area contributed by atoms with Crippen LogP contribution in [0.2, 0.25) is 0 Å². The Bertz CT molecular complexity index is 143. The van der Waals surface area contributed by atoms with Gasteiger partial charge in [0.2, 0.25) is 0 Å². The van der Waals surface area contributed by atoms with Gasteiger partial charge < -0.3 is 4.74 Å². The molecular formula is C14H30O. The third kappa shape index (κ3) is 8.53. The van der Waals surface area contributed by atoms with Crippen LogP contribution in [0.5, 0.6) is 0 Å². The Morgan fingerprint density at radius 1 is 1.07 bits per heavy atom. The summed E-state index contributed by atoms with van der Waals surface area (Å²) >= 11 is 0. The summed E-state index contributed by atoms with van der Waals surface area (Å²) in [4.78, 5) is 0. The summed E-state index contributed by atoms with van der Waals surface area (Å²) in [5.74, 6) is 0.921. The summed E-state index contributed by atoms with van der Waals surface area (Å²) in [6.45, 7) is 16.6. The van der Waals surface area contributed by atoms with E-state index in [0.29, 0.717) is 0 Å². The molecule has 0 saturated heterocycles. The minimum absolute atomic E-state index is 0.0244. The summed E-state index contributed by atoms with van der Waals surface area (Å²) in [5.41, 5.74) is 0.0244. The summed E-state index contributed by atoms with van der Waals surface area (Å²) in [5, 5.41) is 0. The molecule has 0 spiro atoms. The lowest BCUT2D eigenvalue weighted by atomic mass is 9.94. The Hall–Kier alpha value is -0.460. The van der Waals surface area contributed by atoms with Crippen LogP contribution < -0.4 is 0 Å². The molecular weight excluding hydrogens is 184 g/mol. The first-order valence-corrected chi connectivity index (χ1v) is 6.44. The van der Waals surface area contributed by atoms with Gasteiger partial charge in [-0.05, 0) is 19.8 Å². The van der Waals surface area contributed by atoms with E-state index in [1.54, 1.807) is 0 Å². The van der Waals surface area contributed by atoms with Crippen LogP contribution in [0, 0.1) is 0 Å². The van der Waals surface area contributed by atoms with E-state index in [1.807, 2.05) is 13.8 Å². The van der Waals surface area contributed by atoms with Gasteiger partial charge >= 0.3 is 0 Å². The van der Waals surface area contributed by atoms with Crippen LogP contribution in [-0.2, 0) is 4.74 Å². The second-order valence-electron chi connectivity index (χ2n) is 3.94. The van der Waals surface area contributed by atoms with Crippen molar-refractivity contribution in [2.24, 2.45) is 0 Å². The minimum Gasteiger partial charge on any atom is -0.493 e. The number of hydrogen-bond acceptors (Lipinski definition) is 1. The fourth-order valence-corrected chi connectivity index (χ4v) is 1.71. The Morgan fingerprint density at radius 3 is 1.73 bits per heavy atom. The molecule has 0 bridgehead atoms. The van der Waals surface area contributed by atoms with Gasteiger partial charge in [0.25, 0.3) is 0 Å². The zero-order chi connectivity index (χ0) is 12.3. The minimum atomic E-state index is 0.0244. The number of rotatable bonds is 7. The molecule has 0 radical (unpaired) electrons. The van der Waals surface area contributed by atoms with E-state index in [2.05, 4.69) is 34.3 Å². The average Bonchev–Trinajstić information content (AvgIpc) is 2.21. The molecule has 92 valence electrons. The van der Waals surface area contributed by atoms with Gasteiger partial charge in [0.15, 0.2) is 0 Å². The summed E-state index contributed by atoms with van der Waals surface area (Å²) in [6.07, 6.45) is 5.52. The molecule has 0 aliphatic rings. The highest BCUT2D eigenvalue weighted by Gasteiger charge is 2.23. The Balaban J connectivity index is 0. The van der Waals surface area contributed by atoms with Crippen molar-refractivity contribution in [2.45, 2.75) is 79.2 Å². The van der Waals surface area contributed by atoms with E-state index in [9.17, 15) is 0 Å². The second kappa shape index (κ2) is 10.1. The van der Waals surface area contributed by atoms with Crippen LogP contribution in [0.1, 0.15) is 73.6 Å². The molecule has 1 heteroatoms. The number of allylic oxidation sites excluding steroid dienone is 1. The molecule has 0 rings (SSSR count). The van der Waals surface area contributed by atoms with E-state index >= 15 is 0 Å². The van der Waals surface area contributed by atoms with Gasteiger partial charge in [-0.15, -0.1) is 0 Å². The van der Waals surface area contributed by atoms with Crippen LogP contribution >= 0.6 is 0 Å². The molecule has 15 heavy (non-hydrogen) atoms. The van der Waals surface area contributed by atoms with E-state index in [-0.39, 0.29) is 5.60 Å². The zero-order valence-corrected chi connectivity index (χ0v) is 11.7. The van der Waals surface area contributed by atoms with E-state index in [4.69, 9.17) is 4.74 Å². The fraction of sp³-hybridized carbons (Fsp3) is 0.857. The van der Waals surface area contributed by atoms with Gasteiger partial charge in [-0.3, -0.25) is 0 Å². The normalized spacial score (nSPS) is 10.3. The molecule has 0 N–H and O–H groups in total. The molecule has 0 amide bonds. The maximum absolute atomic E-state index is 5.87. The second-order valence-corrected chi connectivity index (χ2v) is 3.94. The van der Waals surface area contributed by atoms with Crippen LogP contribution in [0.3, 0.4) is 0 Å². The third-order valence-corrected chi connectivity index (χ3v) is 2.34. The highest BCUT2D eigenvalue weighted by Crippen LogP contribution is 2.26. The van der Waals surface area contributed by atoms with Crippen molar-refractivity contribution in [3.63, 3.8) is 0 Å². The molecule has 0 aromatic carbocycles. The lowest BCUT2D eigenvalue weighted by molar-refractivity contribution is -0.000457. The van der Waals surface area contributed by atoms with Gasteiger partial charge in [0.1, 0.15) is 5.60 Å². The first-order chi connectivity index (χ1) is 7.08. The number of ether oxygens (including phenoxy) is 1. The van der Waals surface area contributed by atoms with Crippen molar-refractivity contribution in [1.82, 2.24) is 0 Å². The summed E-state index contributed by atoms with van der Waals surface area (Å²) in [6, 6.07) is 0. The lowest BCUT2D eigenvalue weighted by Crippen LogP contribution is -2.27. The molecule has 0 aromatic heterocycles. The van der Waals surface area contributed by atoms with Gasteiger partial charge in [0, 0.05) is 6.42 Å². The SMILES string of the molecule is C=C(CC)OC(C)(CCC)CCC.CC. The topological polar surface area (TPSA) is 9.23 Å². The number of hydrogen-bond donors (Lipinski definition) is 0. The summed E-state index contributed by atoms with van der Waals surface area (Å²) in [7, 11) is 0. The van der Waals surface area contributed by atoms with Crippen molar-refractivity contribution < 1.29 is 4.74 Å². The Morgan fingerprint density at radius 2 is 1.47 bits per heavy atom. The first-order valence-electron chi connectivity index (χ1n) is 6.44. The molecule has 0 saturated carbocycles. The highest BCUT2D eigenvalue weighted by atomic mass is 16.5. The highest BCUT2D eigenvalue weighted by molar-refractivity contribution is 4.87. The van der Waals surface area contributed by atoms with Crippen LogP contribution in [0.4, 0.5) is 0 Å².